The summed E-state index contributed by atoms with van der Waals surface area (Å²) in [6.07, 6.45) is -5.81. The standard InChI is InChI=1S/C11H12BrF3N4O2/c1-5-4-10(21,11(13,14)15)19(16-5)9(20)8-7(12)6(2)18(3)17-8/h21H,4H2,1-3H3/t10-/m0/s1. The maximum absolute atomic E-state index is 13.1. The SMILES string of the molecule is CC1=NN(C(=O)c2nn(C)c(C)c2Br)[C@@](O)(C(F)(F)F)C1. The summed E-state index contributed by atoms with van der Waals surface area (Å²) in [7, 11) is 1.55. The lowest BCUT2D eigenvalue weighted by atomic mass is 10.1. The number of aliphatic hydroxyl groups is 1. The van der Waals surface area contributed by atoms with E-state index in [-0.39, 0.29) is 20.9 Å². The highest BCUT2D eigenvalue weighted by atomic mass is 79.9. The van der Waals surface area contributed by atoms with E-state index in [1.54, 1.807) is 14.0 Å². The maximum Gasteiger partial charge on any atom is 0.438 e. The second-order valence-corrected chi connectivity index (χ2v) is 5.61. The van der Waals surface area contributed by atoms with Gasteiger partial charge in [0, 0.05) is 19.2 Å². The molecular formula is C11H12BrF3N4O2. The molecule has 0 aromatic carbocycles. The summed E-state index contributed by atoms with van der Waals surface area (Å²) in [5.41, 5.74) is -3.02. The van der Waals surface area contributed by atoms with Crippen molar-refractivity contribution in [3.63, 3.8) is 0 Å². The Hall–Kier alpha value is -1.42. The van der Waals surface area contributed by atoms with E-state index in [4.69, 9.17) is 0 Å². The molecule has 0 saturated carbocycles. The van der Waals surface area contributed by atoms with Gasteiger partial charge in [-0.25, -0.2) is 0 Å². The number of aryl methyl sites for hydroxylation is 1. The zero-order valence-corrected chi connectivity index (χ0v) is 12.9. The average molecular weight is 369 g/mol. The number of rotatable bonds is 1. The van der Waals surface area contributed by atoms with Gasteiger partial charge in [0.2, 0.25) is 0 Å². The smallest absolute Gasteiger partial charge is 0.362 e. The second kappa shape index (κ2) is 4.80. The molecular weight excluding hydrogens is 357 g/mol. The van der Waals surface area contributed by atoms with Crippen LogP contribution in [0.3, 0.4) is 0 Å². The number of amides is 1. The molecule has 1 aliphatic heterocycles. The summed E-state index contributed by atoms with van der Waals surface area (Å²) in [6, 6.07) is 0. The third-order valence-corrected chi connectivity index (χ3v) is 4.18. The molecule has 1 atom stereocenters. The molecule has 21 heavy (non-hydrogen) atoms. The van der Waals surface area contributed by atoms with Crippen molar-refractivity contribution in [2.45, 2.75) is 32.2 Å². The van der Waals surface area contributed by atoms with Gasteiger partial charge in [0.25, 0.3) is 11.6 Å². The molecule has 1 amide bonds. The fourth-order valence-electron chi connectivity index (χ4n) is 1.97. The van der Waals surface area contributed by atoms with Crippen LogP contribution in [-0.2, 0) is 7.05 Å². The van der Waals surface area contributed by atoms with Gasteiger partial charge in [0.15, 0.2) is 5.69 Å². The number of aromatic nitrogens is 2. The first kappa shape index (κ1) is 16.0. The lowest BCUT2D eigenvalue weighted by Crippen LogP contribution is -2.56. The van der Waals surface area contributed by atoms with Gasteiger partial charge in [-0.05, 0) is 29.8 Å². The first-order chi connectivity index (χ1) is 9.49. The number of carbonyl (C=O) groups is 1. The number of alkyl halides is 3. The van der Waals surface area contributed by atoms with Crippen molar-refractivity contribution in [3.8, 4) is 0 Å². The third kappa shape index (κ3) is 2.35. The van der Waals surface area contributed by atoms with E-state index in [1.807, 2.05) is 0 Å². The predicted octanol–water partition coefficient (Wildman–Crippen LogP) is 1.96. The summed E-state index contributed by atoms with van der Waals surface area (Å²) in [6.45, 7) is 2.95. The Morgan fingerprint density at radius 2 is 2.00 bits per heavy atom. The highest BCUT2D eigenvalue weighted by Crippen LogP contribution is 2.41. The largest absolute Gasteiger partial charge is 0.438 e. The molecule has 2 rings (SSSR count). The molecule has 0 aliphatic carbocycles. The summed E-state index contributed by atoms with van der Waals surface area (Å²) >= 11 is 3.11. The van der Waals surface area contributed by atoms with Crippen LogP contribution in [0.1, 0.15) is 29.5 Å². The minimum atomic E-state index is -5.03. The number of hydrazone groups is 1. The summed E-state index contributed by atoms with van der Waals surface area (Å²) in [4.78, 5) is 12.3. The van der Waals surface area contributed by atoms with Gasteiger partial charge in [-0.15, -0.1) is 0 Å². The molecule has 6 nitrogen and oxygen atoms in total. The van der Waals surface area contributed by atoms with E-state index in [2.05, 4.69) is 26.1 Å². The highest BCUT2D eigenvalue weighted by Gasteiger charge is 2.63. The van der Waals surface area contributed by atoms with Crippen molar-refractivity contribution in [2.75, 3.05) is 0 Å². The van der Waals surface area contributed by atoms with Crippen molar-refractivity contribution in [1.29, 1.82) is 0 Å². The Balaban J connectivity index is 2.48. The maximum atomic E-state index is 13.1. The molecule has 0 unspecified atom stereocenters. The topological polar surface area (TPSA) is 70.7 Å². The van der Waals surface area contributed by atoms with Gasteiger partial charge in [-0.2, -0.15) is 28.4 Å². The fourth-order valence-corrected chi connectivity index (χ4v) is 2.48. The van der Waals surface area contributed by atoms with Crippen molar-refractivity contribution in [1.82, 2.24) is 14.8 Å². The van der Waals surface area contributed by atoms with Crippen molar-refractivity contribution >= 4 is 27.5 Å². The van der Waals surface area contributed by atoms with E-state index in [9.17, 15) is 23.1 Å². The van der Waals surface area contributed by atoms with Crippen LogP contribution >= 0.6 is 15.9 Å². The quantitative estimate of drug-likeness (QED) is 0.823. The number of nitrogens with zero attached hydrogens (tertiary/aromatic N) is 4. The van der Waals surface area contributed by atoms with Gasteiger partial charge in [0.05, 0.1) is 10.2 Å². The molecule has 1 aromatic rings. The van der Waals surface area contributed by atoms with E-state index in [0.29, 0.717) is 5.69 Å². The van der Waals surface area contributed by atoms with Gasteiger partial charge in [0.1, 0.15) is 0 Å². The molecule has 0 bridgehead atoms. The number of hydrogen-bond donors (Lipinski definition) is 1. The van der Waals surface area contributed by atoms with Gasteiger partial charge >= 0.3 is 6.18 Å². The Kier molecular flexibility index (Phi) is 3.65. The summed E-state index contributed by atoms with van der Waals surface area (Å²) < 4.78 is 40.8. The molecule has 1 aliphatic rings. The summed E-state index contributed by atoms with van der Waals surface area (Å²) in [5, 5.41) is 17.3. The van der Waals surface area contributed by atoms with E-state index in [0.717, 1.165) is 0 Å². The monoisotopic (exact) mass is 368 g/mol. The molecule has 116 valence electrons. The van der Waals surface area contributed by atoms with Crippen molar-refractivity contribution in [3.05, 3.63) is 15.9 Å². The second-order valence-electron chi connectivity index (χ2n) is 4.81. The normalized spacial score (nSPS) is 22.7. The third-order valence-electron chi connectivity index (χ3n) is 3.23. The minimum absolute atomic E-state index is 0.00644. The lowest BCUT2D eigenvalue weighted by Gasteiger charge is -2.32. The number of halogens is 4. The minimum Gasteiger partial charge on any atom is -0.362 e. The molecule has 2 heterocycles. The molecule has 0 fully saturated rings. The van der Waals surface area contributed by atoms with Crippen LogP contribution in [0.2, 0.25) is 0 Å². The number of hydrogen-bond acceptors (Lipinski definition) is 4. The highest BCUT2D eigenvalue weighted by molar-refractivity contribution is 9.10. The van der Waals surface area contributed by atoms with Crippen molar-refractivity contribution < 1.29 is 23.1 Å². The zero-order chi connectivity index (χ0) is 16.2. The number of carbonyl (C=O) groups excluding carboxylic acids is 1. The molecule has 0 spiro atoms. The fraction of sp³-hybridized carbons (Fsp3) is 0.545. The molecule has 0 saturated heterocycles. The van der Waals surface area contributed by atoms with E-state index in [1.165, 1.54) is 11.6 Å². The molecule has 1 N–H and O–H groups in total. The van der Waals surface area contributed by atoms with Gasteiger partial charge in [-0.1, -0.05) is 0 Å². The van der Waals surface area contributed by atoms with Gasteiger partial charge in [-0.3, -0.25) is 9.48 Å². The predicted molar refractivity (Wildman–Crippen MR) is 70.5 cm³/mol. The molecule has 0 radical (unpaired) electrons. The van der Waals surface area contributed by atoms with E-state index >= 15 is 0 Å². The first-order valence-corrected chi connectivity index (χ1v) is 6.65. The van der Waals surface area contributed by atoms with Crippen LogP contribution in [0.5, 0.6) is 0 Å². The first-order valence-electron chi connectivity index (χ1n) is 5.86. The van der Waals surface area contributed by atoms with Crippen LogP contribution in [0.4, 0.5) is 13.2 Å². The Bertz CT molecular complexity index is 640. The summed E-state index contributed by atoms with van der Waals surface area (Å²) in [5.74, 6) is -1.12. The average Bonchev–Trinajstić information content (AvgIpc) is 2.80. The Morgan fingerprint density at radius 1 is 1.43 bits per heavy atom. The van der Waals surface area contributed by atoms with Crippen molar-refractivity contribution in [2.24, 2.45) is 12.1 Å². The van der Waals surface area contributed by atoms with Crippen LogP contribution in [0.25, 0.3) is 0 Å². The zero-order valence-electron chi connectivity index (χ0n) is 11.4. The van der Waals surface area contributed by atoms with E-state index < -0.39 is 24.2 Å². The Morgan fingerprint density at radius 3 is 2.43 bits per heavy atom. The van der Waals surface area contributed by atoms with Gasteiger partial charge < -0.3 is 5.11 Å². The van der Waals surface area contributed by atoms with Crippen LogP contribution in [0, 0.1) is 6.92 Å². The van der Waals surface area contributed by atoms with Crippen LogP contribution in [-0.4, -0.2) is 43.4 Å². The lowest BCUT2D eigenvalue weighted by molar-refractivity contribution is -0.297. The van der Waals surface area contributed by atoms with Crippen LogP contribution < -0.4 is 0 Å². The molecule has 1 aromatic heterocycles. The van der Waals surface area contributed by atoms with Crippen LogP contribution in [0.15, 0.2) is 9.57 Å². The Labute approximate surface area is 126 Å². The molecule has 10 heteroatoms.